The highest BCUT2D eigenvalue weighted by Gasteiger charge is 2.19. The number of nitrogens with zero attached hydrogens (tertiary/aromatic N) is 2. The van der Waals surface area contributed by atoms with Crippen molar-refractivity contribution in [2.45, 2.75) is 4.90 Å². The van der Waals surface area contributed by atoms with Gasteiger partial charge in [-0.05, 0) is 29.8 Å². The van der Waals surface area contributed by atoms with Crippen molar-refractivity contribution in [1.82, 2.24) is 9.97 Å². The van der Waals surface area contributed by atoms with Gasteiger partial charge in [-0.25, -0.2) is 13.4 Å². The Labute approximate surface area is 134 Å². The molecule has 0 aliphatic heterocycles. The SMILES string of the molecule is O=S(=O)(Nc1cc(Cl)nc(Cl)n1)c1cc(Cl)ccc1Cl. The van der Waals surface area contributed by atoms with E-state index in [-0.39, 0.29) is 31.2 Å². The number of aromatic nitrogens is 2. The maximum absolute atomic E-state index is 12.2. The van der Waals surface area contributed by atoms with Gasteiger partial charge in [-0.15, -0.1) is 0 Å². The van der Waals surface area contributed by atoms with Gasteiger partial charge >= 0.3 is 0 Å². The van der Waals surface area contributed by atoms with E-state index in [2.05, 4.69) is 14.7 Å². The van der Waals surface area contributed by atoms with Gasteiger partial charge in [-0.3, -0.25) is 4.72 Å². The summed E-state index contributed by atoms with van der Waals surface area (Å²) in [5.74, 6) is -0.0777. The van der Waals surface area contributed by atoms with Crippen molar-refractivity contribution in [3.63, 3.8) is 0 Å². The lowest BCUT2D eigenvalue weighted by Crippen LogP contribution is -2.14. The van der Waals surface area contributed by atoms with Gasteiger partial charge in [0.05, 0.1) is 5.02 Å². The summed E-state index contributed by atoms with van der Waals surface area (Å²) in [6.07, 6.45) is 0. The van der Waals surface area contributed by atoms with Gasteiger partial charge in [-0.2, -0.15) is 4.98 Å². The van der Waals surface area contributed by atoms with Gasteiger partial charge in [0.1, 0.15) is 15.9 Å². The zero-order valence-corrected chi connectivity index (χ0v) is 13.3. The van der Waals surface area contributed by atoms with Crippen molar-refractivity contribution < 1.29 is 8.42 Å². The van der Waals surface area contributed by atoms with Crippen LogP contribution < -0.4 is 4.72 Å². The first-order valence-corrected chi connectivity index (χ1v) is 7.95. The molecule has 1 N–H and O–H groups in total. The van der Waals surface area contributed by atoms with E-state index >= 15 is 0 Å². The lowest BCUT2D eigenvalue weighted by molar-refractivity contribution is 0.601. The molecule has 0 bridgehead atoms. The van der Waals surface area contributed by atoms with Gasteiger partial charge in [0.25, 0.3) is 10.0 Å². The van der Waals surface area contributed by atoms with Crippen LogP contribution in [0.3, 0.4) is 0 Å². The molecule has 0 atom stereocenters. The average molecular weight is 373 g/mol. The molecule has 0 aliphatic carbocycles. The molecule has 10 heteroatoms. The molecule has 0 amide bonds. The number of nitrogens with one attached hydrogen (secondary N) is 1. The van der Waals surface area contributed by atoms with Crippen LogP contribution in [-0.4, -0.2) is 18.4 Å². The number of hydrogen-bond donors (Lipinski definition) is 1. The highest BCUT2D eigenvalue weighted by atomic mass is 35.5. The van der Waals surface area contributed by atoms with E-state index in [0.29, 0.717) is 0 Å². The fourth-order valence-corrected chi connectivity index (χ4v) is 3.48. The molecule has 0 saturated heterocycles. The first-order chi connectivity index (χ1) is 9.28. The fourth-order valence-electron chi connectivity index (χ4n) is 1.32. The Morgan fingerprint density at radius 3 is 2.35 bits per heavy atom. The number of halogens is 4. The van der Waals surface area contributed by atoms with Crippen molar-refractivity contribution in [1.29, 1.82) is 0 Å². The fraction of sp³-hybridized carbons (Fsp3) is 0. The quantitative estimate of drug-likeness (QED) is 0.655. The minimum absolute atomic E-state index is 0.000101. The lowest BCUT2D eigenvalue weighted by Gasteiger charge is -2.09. The van der Waals surface area contributed by atoms with Gasteiger partial charge < -0.3 is 0 Å². The van der Waals surface area contributed by atoms with Crippen LogP contribution in [0.4, 0.5) is 5.82 Å². The molecular formula is C10H5Cl4N3O2S. The first-order valence-electron chi connectivity index (χ1n) is 4.96. The number of hydrogen-bond acceptors (Lipinski definition) is 4. The Balaban J connectivity index is 2.43. The minimum atomic E-state index is -3.97. The van der Waals surface area contributed by atoms with Crippen LogP contribution in [0.15, 0.2) is 29.2 Å². The number of rotatable bonds is 3. The Bertz CT molecular complexity index is 747. The van der Waals surface area contributed by atoms with Gasteiger partial charge in [0.2, 0.25) is 5.28 Å². The number of benzene rings is 1. The van der Waals surface area contributed by atoms with Crippen molar-refractivity contribution in [3.8, 4) is 0 Å². The van der Waals surface area contributed by atoms with E-state index in [1.807, 2.05) is 0 Å². The summed E-state index contributed by atoms with van der Waals surface area (Å²) in [5.41, 5.74) is 0. The van der Waals surface area contributed by atoms with Crippen molar-refractivity contribution in [2.75, 3.05) is 4.72 Å². The maximum Gasteiger partial charge on any atom is 0.264 e. The predicted molar refractivity (Wildman–Crippen MR) is 79.3 cm³/mol. The molecule has 0 saturated carbocycles. The van der Waals surface area contributed by atoms with Crippen molar-refractivity contribution in [3.05, 3.63) is 44.7 Å². The number of sulfonamides is 1. The molecule has 2 rings (SSSR count). The molecule has 0 aliphatic rings. The zero-order chi connectivity index (χ0) is 14.9. The predicted octanol–water partition coefficient (Wildman–Crippen LogP) is 3.89. The molecule has 1 heterocycles. The van der Waals surface area contributed by atoms with Crippen LogP contribution >= 0.6 is 46.4 Å². The van der Waals surface area contributed by atoms with Gasteiger partial charge in [0, 0.05) is 11.1 Å². The molecule has 0 spiro atoms. The zero-order valence-electron chi connectivity index (χ0n) is 9.44. The summed E-state index contributed by atoms with van der Waals surface area (Å²) in [4.78, 5) is 7.12. The van der Waals surface area contributed by atoms with Crippen molar-refractivity contribution >= 4 is 62.2 Å². The summed E-state index contributed by atoms with van der Waals surface area (Å²) < 4.78 is 26.6. The van der Waals surface area contributed by atoms with E-state index in [9.17, 15) is 8.42 Å². The third kappa shape index (κ3) is 3.65. The van der Waals surface area contributed by atoms with Crippen LogP contribution in [0.25, 0.3) is 0 Å². The van der Waals surface area contributed by atoms with Crippen LogP contribution in [0, 0.1) is 0 Å². The van der Waals surface area contributed by atoms with Gasteiger partial charge in [-0.1, -0.05) is 34.8 Å². The Hall–Kier alpha value is -0.790. The average Bonchev–Trinajstić information content (AvgIpc) is 2.30. The van der Waals surface area contributed by atoms with Crippen molar-refractivity contribution in [2.24, 2.45) is 0 Å². The van der Waals surface area contributed by atoms with Crippen LogP contribution in [-0.2, 0) is 10.0 Å². The van der Waals surface area contributed by atoms with Crippen LogP contribution in [0.5, 0.6) is 0 Å². The van der Waals surface area contributed by atoms with E-state index < -0.39 is 10.0 Å². The third-order valence-corrected chi connectivity index (χ3v) is 4.52. The Morgan fingerprint density at radius 1 is 1.00 bits per heavy atom. The molecular weight excluding hydrogens is 368 g/mol. The Morgan fingerprint density at radius 2 is 1.70 bits per heavy atom. The molecule has 5 nitrogen and oxygen atoms in total. The van der Waals surface area contributed by atoms with E-state index in [4.69, 9.17) is 46.4 Å². The Kier molecular flexibility index (Phi) is 4.61. The molecule has 1 aromatic carbocycles. The summed E-state index contributed by atoms with van der Waals surface area (Å²) in [6.45, 7) is 0. The summed E-state index contributed by atoms with van der Waals surface area (Å²) >= 11 is 22.9. The summed E-state index contributed by atoms with van der Waals surface area (Å²) in [5, 5.41) is 0.0639. The smallest absolute Gasteiger partial charge is 0.263 e. The molecule has 106 valence electrons. The van der Waals surface area contributed by atoms with E-state index in [1.54, 1.807) is 0 Å². The second-order valence-corrected chi connectivity index (χ2v) is 6.74. The third-order valence-electron chi connectivity index (χ3n) is 2.09. The van der Waals surface area contributed by atoms with E-state index in [1.165, 1.54) is 24.3 Å². The monoisotopic (exact) mass is 371 g/mol. The molecule has 1 aromatic heterocycles. The summed E-state index contributed by atoms with van der Waals surface area (Å²) in [6, 6.07) is 5.28. The maximum atomic E-state index is 12.2. The topological polar surface area (TPSA) is 72.0 Å². The molecule has 20 heavy (non-hydrogen) atoms. The molecule has 0 fully saturated rings. The highest BCUT2D eigenvalue weighted by Crippen LogP contribution is 2.27. The van der Waals surface area contributed by atoms with Crippen LogP contribution in [0.1, 0.15) is 0 Å². The first kappa shape index (κ1) is 15.6. The van der Waals surface area contributed by atoms with Gasteiger partial charge in [0.15, 0.2) is 0 Å². The second-order valence-electron chi connectivity index (χ2n) is 3.53. The minimum Gasteiger partial charge on any atom is -0.263 e. The summed E-state index contributed by atoms with van der Waals surface area (Å²) in [7, 11) is -3.97. The normalized spacial score (nSPS) is 11.4. The largest absolute Gasteiger partial charge is 0.264 e. The second kappa shape index (κ2) is 5.91. The molecule has 0 unspecified atom stereocenters. The highest BCUT2D eigenvalue weighted by molar-refractivity contribution is 7.92. The van der Waals surface area contributed by atoms with E-state index in [0.717, 1.165) is 0 Å². The van der Waals surface area contributed by atoms with Crippen LogP contribution in [0.2, 0.25) is 20.5 Å². The number of anilines is 1. The molecule has 0 radical (unpaired) electrons. The standard InChI is InChI=1S/C10H5Cl4N3O2S/c11-5-1-2-6(12)7(3-5)20(18,19)17-9-4-8(13)15-10(14)16-9/h1-4H,(H,15,16,17). The lowest BCUT2D eigenvalue weighted by atomic mass is 10.4. The molecule has 2 aromatic rings.